The van der Waals surface area contributed by atoms with Crippen molar-refractivity contribution in [1.29, 1.82) is 0 Å². The number of piperidine rings is 1. The summed E-state index contributed by atoms with van der Waals surface area (Å²) in [5, 5.41) is 6.71. The Morgan fingerprint density at radius 3 is 2.78 bits per heavy atom. The summed E-state index contributed by atoms with van der Waals surface area (Å²) in [6, 6.07) is 3.50. The fourth-order valence-electron chi connectivity index (χ4n) is 3.31. The van der Waals surface area contributed by atoms with Gasteiger partial charge in [0.2, 0.25) is 15.9 Å². The summed E-state index contributed by atoms with van der Waals surface area (Å²) in [7, 11) is -3.74. The summed E-state index contributed by atoms with van der Waals surface area (Å²) in [5.74, 6) is -0.278. The maximum absolute atomic E-state index is 13.0. The molecular formula is C17H22ClN3O4S2. The number of rotatable bonds is 5. The second kappa shape index (κ2) is 7.90. The smallest absolute Gasteiger partial charge is 0.248 e. The molecule has 10 heteroatoms. The first-order valence-electron chi connectivity index (χ1n) is 8.68. The lowest BCUT2D eigenvalue weighted by molar-refractivity contribution is -0.126. The highest BCUT2D eigenvalue weighted by molar-refractivity contribution is 7.89. The van der Waals surface area contributed by atoms with Gasteiger partial charge in [0.05, 0.1) is 16.3 Å². The number of halogens is 1. The molecule has 0 aliphatic carbocycles. The molecule has 0 saturated carbocycles. The van der Waals surface area contributed by atoms with E-state index >= 15 is 0 Å². The van der Waals surface area contributed by atoms with E-state index in [2.05, 4.69) is 10.5 Å². The summed E-state index contributed by atoms with van der Waals surface area (Å²) >= 11 is 7.37. The number of carbonyl (C=O) groups excluding carboxylic acids is 1. The quantitative estimate of drug-likeness (QED) is 0.784. The van der Waals surface area contributed by atoms with Crippen molar-refractivity contribution in [3.05, 3.63) is 32.8 Å². The van der Waals surface area contributed by atoms with Crippen LogP contribution in [0.25, 0.3) is 0 Å². The van der Waals surface area contributed by atoms with Gasteiger partial charge in [-0.25, -0.2) is 8.42 Å². The number of hydrogen-bond acceptors (Lipinski definition) is 6. The Labute approximate surface area is 167 Å². The predicted molar refractivity (Wildman–Crippen MR) is 103 cm³/mol. The minimum absolute atomic E-state index is 0.102. The second-order valence-electron chi connectivity index (χ2n) is 6.73. The second-order valence-corrected chi connectivity index (χ2v) is 10.3. The van der Waals surface area contributed by atoms with Gasteiger partial charge in [-0.3, -0.25) is 4.79 Å². The monoisotopic (exact) mass is 431 g/mol. The molecule has 1 fully saturated rings. The standard InChI is InChI=1S/C17H22ClN3O4S2/c1-10(14-6-7-15(18)26-14)19-17(22)13-5-4-8-21(9-13)27(23,24)16-11(2)20-25-12(16)3/h6-7,10,13H,4-5,8-9H2,1-3H3,(H,19,22). The zero-order chi connectivity index (χ0) is 19.8. The number of nitrogens with one attached hydrogen (secondary N) is 1. The largest absolute Gasteiger partial charge is 0.360 e. The third kappa shape index (κ3) is 4.21. The van der Waals surface area contributed by atoms with Crippen LogP contribution in [0.1, 0.15) is 42.1 Å². The molecular weight excluding hydrogens is 410 g/mol. The highest BCUT2D eigenvalue weighted by Crippen LogP contribution is 2.29. The average Bonchev–Trinajstić information content (AvgIpc) is 3.20. The molecule has 0 bridgehead atoms. The van der Waals surface area contributed by atoms with E-state index in [1.54, 1.807) is 19.9 Å². The zero-order valence-electron chi connectivity index (χ0n) is 15.4. The Morgan fingerprint density at radius 2 is 2.19 bits per heavy atom. The number of sulfonamides is 1. The molecule has 1 aliphatic rings. The first-order chi connectivity index (χ1) is 12.7. The normalized spacial score (nSPS) is 19.8. The van der Waals surface area contributed by atoms with E-state index in [1.807, 2.05) is 13.0 Å². The first-order valence-corrected chi connectivity index (χ1v) is 11.3. The molecule has 2 aromatic rings. The van der Waals surface area contributed by atoms with Crippen LogP contribution in [0.5, 0.6) is 0 Å². The molecule has 27 heavy (non-hydrogen) atoms. The third-order valence-corrected chi connectivity index (χ3v) is 8.22. The molecule has 1 aliphatic heterocycles. The third-order valence-electron chi connectivity index (χ3n) is 4.70. The number of aryl methyl sites for hydroxylation is 2. The summed E-state index contributed by atoms with van der Waals surface area (Å²) < 4.78 is 33.0. The molecule has 148 valence electrons. The lowest BCUT2D eigenvalue weighted by atomic mass is 9.98. The molecule has 2 unspecified atom stereocenters. The van der Waals surface area contributed by atoms with Gasteiger partial charge in [0.15, 0.2) is 5.76 Å². The number of carbonyl (C=O) groups is 1. The number of aromatic nitrogens is 1. The molecule has 0 radical (unpaired) electrons. The van der Waals surface area contributed by atoms with Gasteiger partial charge in [-0.05, 0) is 45.7 Å². The fourth-order valence-corrected chi connectivity index (χ4v) is 6.19. The Balaban J connectivity index is 1.71. The van der Waals surface area contributed by atoms with Crippen molar-refractivity contribution in [2.45, 2.75) is 44.6 Å². The van der Waals surface area contributed by atoms with Gasteiger partial charge in [0.25, 0.3) is 0 Å². The van der Waals surface area contributed by atoms with Crippen LogP contribution in [-0.2, 0) is 14.8 Å². The molecule has 0 aromatic carbocycles. The molecule has 2 aromatic heterocycles. The van der Waals surface area contributed by atoms with Gasteiger partial charge in [-0.15, -0.1) is 11.3 Å². The molecule has 2 atom stereocenters. The fraction of sp³-hybridized carbons (Fsp3) is 0.529. The van der Waals surface area contributed by atoms with E-state index < -0.39 is 15.9 Å². The minimum atomic E-state index is -3.74. The highest BCUT2D eigenvalue weighted by atomic mass is 35.5. The number of hydrogen-bond donors (Lipinski definition) is 1. The van der Waals surface area contributed by atoms with Crippen LogP contribution >= 0.6 is 22.9 Å². The summed E-state index contributed by atoms with van der Waals surface area (Å²) in [6.07, 6.45) is 1.28. The van der Waals surface area contributed by atoms with E-state index in [0.29, 0.717) is 29.4 Å². The average molecular weight is 432 g/mol. The van der Waals surface area contributed by atoms with Crippen molar-refractivity contribution < 1.29 is 17.7 Å². The first kappa shape index (κ1) is 20.3. The Kier molecular flexibility index (Phi) is 5.95. The number of thiophene rings is 1. The molecule has 1 amide bonds. The van der Waals surface area contributed by atoms with Gasteiger partial charge in [0, 0.05) is 18.0 Å². The van der Waals surface area contributed by atoms with Crippen LogP contribution in [0.3, 0.4) is 0 Å². The Morgan fingerprint density at radius 1 is 1.44 bits per heavy atom. The van der Waals surface area contributed by atoms with Crippen molar-refractivity contribution in [3.8, 4) is 0 Å². The molecule has 0 spiro atoms. The van der Waals surface area contributed by atoms with Crippen LogP contribution in [0, 0.1) is 19.8 Å². The Bertz CT molecular complexity index is 918. The highest BCUT2D eigenvalue weighted by Gasteiger charge is 2.36. The van der Waals surface area contributed by atoms with E-state index in [-0.39, 0.29) is 29.1 Å². The lowest BCUT2D eigenvalue weighted by Crippen LogP contribution is -2.45. The maximum atomic E-state index is 13.0. The molecule has 3 heterocycles. The SMILES string of the molecule is Cc1noc(C)c1S(=O)(=O)N1CCCC(C(=O)NC(C)c2ccc(Cl)s2)C1. The molecule has 1 saturated heterocycles. The topological polar surface area (TPSA) is 92.5 Å². The number of nitrogens with zero attached hydrogens (tertiary/aromatic N) is 2. The summed E-state index contributed by atoms with van der Waals surface area (Å²) in [5.41, 5.74) is 0.335. The van der Waals surface area contributed by atoms with Gasteiger partial charge in [0.1, 0.15) is 10.6 Å². The van der Waals surface area contributed by atoms with Crippen molar-refractivity contribution in [3.63, 3.8) is 0 Å². The summed E-state index contributed by atoms with van der Waals surface area (Å²) in [4.78, 5) is 13.8. The van der Waals surface area contributed by atoms with Gasteiger partial charge in [-0.1, -0.05) is 16.8 Å². The summed E-state index contributed by atoms with van der Waals surface area (Å²) in [6.45, 7) is 5.60. The minimum Gasteiger partial charge on any atom is -0.360 e. The van der Waals surface area contributed by atoms with E-state index in [4.69, 9.17) is 16.1 Å². The van der Waals surface area contributed by atoms with Crippen molar-refractivity contribution in [2.24, 2.45) is 5.92 Å². The molecule has 7 nitrogen and oxygen atoms in total. The van der Waals surface area contributed by atoms with E-state index in [1.165, 1.54) is 15.6 Å². The van der Waals surface area contributed by atoms with Crippen LogP contribution < -0.4 is 5.32 Å². The zero-order valence-corrected chi connectivity index (χ0v) is 17.7. The van der Waals surface area contributed by atoms with Gasteiger partial charge < -0.3 is 9.84 Å². The predicted octanol–water partition coefficient (Wildman–Crippen LogP) is 3.28. The van der Waals surface area contributed by atoms with Crippen molar-refractivity contribution in [2.75, 3.05) is 13.1 Å². The lowest BCUT2D eigenvalue weighted by Gasteiger charge is -2.31. The van der Waals surface area contributed by atoms with Crippen LogP contribution in [-0.4, -0.2) is 36.9 Å². The van der Waals surface area contributed by atoms with Crippen LogP contribution in [0.2, 0.25) is 4.34 Å². The molecule has 1 N–H and O–H groups in total. The van der Waals surface area contributed by atoms with Gasteiger partial charge >= 0.3 is 0 Å². The van der Waals surface area contributed by atoms with Gasteiger partial charge in [-0.2, -0.15) is 4.31 Å². The van der Waals surface area contributed by atoms with Crippen molar-refractivity contribution in [1.82, 2.24) is 14.8 Å². The maximum Gasteiger partial charge on any atom is 0.248 e. The Hall–Kier alpha value is -1.42. The van der Waals surface area contributed by atoms with Crippen molar-refractivity contribution >= 4 is 38.9 Å². The van der Waals surface area contributed by atoms with Crippen LogP contribution in [0.15, 0.2) is 21.6 Å². The number of amides is 1. The molecule has 3 rings (SSSR count). The van der Waals surface area contributed by atoms with E-state index in [0.717, 1.165) is 4.88 Å². The van der Waals surface area contributed by atoms with Crippen LogP contribution in [0.4, 0.5) is 0 Å². The van der Waals surface area contributed by atoms with E-state index in [9.17, 15) is 13.2 Å².